The Morgan fingerprint density at radius 3 is 2.97 bits per heavy atom. The van der Waals surface area contributed by atoms with Crippen molar-refractivity contribution in [3.05, 3.63) is 59.6 Å². The van der Waals surface area contributed by atoms with Gasteiger partial charge in [-0.3, -0.25) is 4.79 Å². The summed E-state index contributed by atoms with van der Waals surface area (Å²) in [6.07, 6.45) is 6.38. The molecule has 0 radical (unpaired) electrons. The third-order valence-electron chi connectivity index (χ3n) is 5.32. The third kappa shape index (κ3) is 4.34. The maximum atomic E-state index is 13.0. The zero-order valence-electron chi connectivity index (χ0n) is 16.7. The smallest absolute Gasteiger partial charge is 0.256 e. The number of benzene rings is 1. The largest absolute Gasteiger partial charge is 0.339 e. The van der Waals surface area contributed by atoms with Crippen molar-refractivity contribution in [2.75, 3.05) is 19.3 Å². The van der Waals surface area contributed by atoms with Crippen molar-refractivity contribution >= 4 is 17.7 Å². The number of amides is 1. The van der Waals surface area contributed by atoms with Crippen LogP contribution in [0.1, 0.15) is 34.7 Å². The average molecular weight is 409 g/mol. The van der Waals surface area contributed by atoms with Gasteiger partial charge in [-0.15, -0.1) is 11.8 Å². The molecule has 3 aromatic rings. The number of nitrogens with zero attached hydrogens (tertiary/aromatic N) is 4. The van der Waals surface area contributed by atoms with E-state index in [1.807, 2.05) is 54.5 Å². The summed E-state index contributed by atoms with van der Waals surface area (Å²) >= 11 is 1.50. The predicted octanol–water partition coefficient (Wildman–Crippen LogP) is 4.26. The fourth-order valence-electron chi connectivity index (χ4n) is 3.82. The average Bonchev–Trinajstić information content (AvgIpc) is 3.22. The molecule has 6 nitrogen and oxygen atoms in total. The van der Waals surface area contributed by atoms with Gasteiger partial charge in [0.05, 0.1) is 5.56 Å². The quantitative estimate of drug-likeness (QED) is 0.588. The van der Waals surface area contributed by atoms with Crippen LogP contribution in [-0.4, -0.2) is 45.3 Å². The van der Waals surface area contributed by atoms with Gasteiger partial charge in [0.25, 0.3) is 5.91 Å². The second-order valence-electron chi connectivity index (χ2n) is 7.35. The van der Waals surface area contributed by atoms with Crippen LogP contribution < -0.4 is 0 Å². The van der Waals surface area contributed by atoms with Crippen LogP contribution in [0.3, 0.4) is 0 Å². The Hall–Kier alpha value is -2.67. The summed E-state index contributed by atoms with van der Waals surface area (Å²) in [5.74, 6) is 1.63. The van der Waals surface area contributed by atoms with Crippen LogP contribution >= 0.6 is 11.8 Å². The molecule has 1 saturated heterocycles. The van der Waals surface area contributed by atoms with E-state index in [9.17, 15) is 4.79 Å². The highest BCUT2D eigenvalue weighted by atomic mass is 32.2. The van der Waals surface area contributed by atoms with E-state index in [1.165, 1.54) is 11.8 Å². The molecule has 1 atom stereocenters. The Labute approximate surface area is 174 Å². The van der Waals surface area contributed by atoms with Gasteiger partial charge in [-0.25, -0.2) is 4.98 Å². The van der Waals surface area contributed by atoms with Crippen LogP contribution in [0, 0.1) is 12.8 Å². The number of aromatic nitrogens is 3. The molecule has 29 heavy (non-hydrogen) atoms. The van der Waals surface area contributed by atoms with Gasteiger partial charge in [0.15, 0.2) is 0 Å². The van der Waals surface area contributed by atoms with Gasteiger partial charge in [0, 0.05) is 31.3 Å². The fourth-order valence-corrected chi connectivity index (χ4v) is 4.36. The normalized spacial score (nSPS) is 16.8. The number of piperidine rings is 1. The molecular formula is C22H24N4O2S. The summed E-state index contributed by atoms with van der Waals surface area (Å²) in [5, 5.41) is 4.94. The number of hydrogen-bond donors (Lipinski definition) is 0. The summed E-state index contributed by atoms with van der Waals surface area (Å²) in [5.41, 5.74) is 2.79. The molecule has 4 rings (SSSR count). The fraction of sp³-hybridized carbons (Fsp3) is 0.364. The van der Waals surface area contributed by atoms with Gasteiger partial charge in [-0.05, 0) is 49.6 Å². The van der Waals surface area contributed by atoms with Crippen molar-refractivity contribution in [3.63, 3.8) is 0 Å². The minimum Gasteiger partial charge on any atom is -0.339 e. The van der Waals surface area contributed by atoms with Crippen molar-refractivity contribution in [3.8, 4) is 11.4 Å². The lowest BCUT2D eigenvalue weighted by Gasteiger charge is -2.32. The van der Waals surface area contributed by atoms with Gasteiger partial charge in [-0.2, -0.15) is 4.98 Å². The van der Waals surface area contributed by atoms with Crippen LogP contribution in [0.2, 0.25) is 0 Å². The van der Waals surface area contributed by atoms with Gasteiger partial charge < -0.3 is 9.42 Å². The molecule has 0 bridgehead atoms. The molecular weight excluding hydrogens is 384 g/mol. The zero-order chi connectivity index (χ0) is 20.2. The van der Waals surface area contributed by atoms with Crippen molar-refractivity contribution in [1.29, 1.82) is 0 Å². The summed E-state index contributed by atoms with van der Waals surface area (Å²) < 4.78 is 5.52. The molecule has 0 N–H and O–H groups in total. The minimum atomic E-state index is 0.0540. The number of pyridine rings is 1. The van der Waals surface area contributed by atoms with E-state index < -0.39 is 0 Å². The van der Waals surface area contributed by atoms with Crippen LogP contribution in [0.15, 0.2) is 52.1 Å². The van der Waals surface area contributed by atoms with Crippen LogP contribution in [0.4, 0.5) is 0 Å². The van der Waals surface area contributed by atoms with Crippen molar-refractivity contribution < 1.29 is 9.32 Å². The Morgan fingerprint density at radius 1 is 1.28 bits per heavy atom. The van der Waals surface area contributed by atoms with E-state index in [4.69, 9.17) is 4.52 Å². The number of carbonyl (C=O) groups excluding carboxylic acids is 1. The second kappa shape index (κ2) is 8.78. The van der Waals surface area contributed by atoms with E-state index in [1.54, 1.807) is 6.20 Å². The summed E-state index contributed by atoms with van der Waals surface area (Å²) in [7, 11) is 0. The summed E-state index contributed by atoms with van der Waals surface area (Å²) in [6, 6.07) is 11.7. The third-order valence-corrected chi connectivity index (χ3v) is 6.03. The Balaban J connectivity index is 1.44. The van der Waals surface area contributed by atoms with Gasteiger partial charge in [0.1, 0.15) is 5.03 Å². The molecule has 1 unspecified atom stereocenters. The number of aryl methyl sites for hydroxylation is 1. The minimum absolute atomic E-state index is 0.0540. The first-order valence-electron chi connectivity index (χ1n) is 9.82. The molecule has 1 aromatic carbocycles. The highest BCUT2D eigenvalue weighted by molar-refractivity contribution is 7.98. The highest BCUT2D eigenvalue weighted by Gasteiger charge is 2.27. The van der Waals surface area contributed by atoms with Crippen molar-refractivity contribution in [2.24, 2.45) is 5.92 Å². The maximum Gasteiger partial charge on any atom is 0.256 e. The predicted molar refractivity (Wildman–Crippen MR) is 113 cm³/mol. The Morgan fingerprint density at radius 2 is 2.14 bits per heavy atom. The molecule has 150 valence electrons. The van der Waals surface area contributed by atoms with E-state index in [0.29, 0.717) is 36.2 Å². The monoisotopic (exact) mass is 408 g/mol. The summed E-state index contributed by atoms with van der Waals surface area (Å²) in [4.78, 5) is 23.9. The standard InChI is InChI=1S/C22H24N4O2S/c1-15-7-3-4-9-17(15)20-24-19(28-25-20)13-16-8-6-12-26(14-16)22(27)18-10-5-11-23-21(18)29-2/h3-5,7,9-11,16H,6,8,12-14H2,1-2H3. The summed E-state index contributed by atoms with van der Waals surface area (Å²) in [6.45, 7) is 3.51. The molecule has 1 aliphatic rings. The first-order valence-corrected chi connectivity index (χ1v) is 11.0. The first-order chi connectivity index (χ1) is 14.2. The Bertz CT molecular complexity index is 1000. The number of hydrogen-bond acceptors (Lipinski definition) is 6. The highest BCUT2D eigenvalue weighted by Crippen LogP contribution is 2.26. The molecule has 0 spiro atoms. The van der Waals surface area contributed by atoms with Crippen LogP contribution in [0.5, 0.6) is 0 Å². The molecule has 0 aliphatic carbocycles. The van der Waals surface area contributed by atoms with Crippen molar-refractivity contribution in [1.82, 2.24) is 20.0 Å². The molecule has 2 aromatic heterocycles. The lowest BCUT2D eigenvalue weighted by Crippen LogP contribution is -2.40. The number of thioether (sulfide) groups is 1. The van der Waals surface area contributed by atoms with E-state index in [0.717, 1.165) is 35.5 Å². The van der Waals surface area contributed by atoms with Gasteiger partial charge >= 0.3 is 0 Å². The van der Waals surface area contributed by atoms with Crippen LogP contribution in [-0.2, 0) is 6.42 Å². The number of carbonyl (C=O) groups is 1. The molecule has 3 heterocycles. The van der Waals surface area contributed by atoms with E-state index in [-0.39, 0.29) is 5.91 Å². The topological polar surface area (TPSA) is 72.1 Å². The van der Waals surface area contributed by atoms with Crippen LogP contribution in [0.25, 0.3) is 11.4 Å². The molecule has 1 aliphatic heterocycles. The lowest BCUT2D eigenvalue weighted by atomic mass is 9.94. The van der Waals surface area contributed by atoms with Gasteiger partial charge in [0.2, 0.25) is 11.7 Å². The molecule has 1 fully saturated rings. The molecule has 1 amide bonds. The Kier molecular flexibility index (Phi) is 5.94. The first kappa shape index (κ1) is 19.6. The second-order valence-corrected chi connectivity index (χ2v) is 8.15. The number of likely N-dealkylation sites (tertiary alicyclic amines) is 1. The van der Waals surface area contributed by atoms with E-state index in [2.05, 4.69) is 15.1 Å². The van der Waals surface area contributed by atoms with Gasteiger partial charge in [-0.1, -0.05) is 29.4 Å². The molecule has 7 heteroatoms. The lowest BCUT2D eigenvalue weighted by molar-refractivity contribution is 0.0664. The SMILES string of the molecule is CSc1ncccc1C(=O)N1CCCC(Cc2nc(-c3ccccc3C)no2)C1. The maximum absolute atomic E-state index is 13.0. The van der Waals surface area contributed by atoms with Crippen molar-refractivity contribution in [2.45, 2.75) is 31.2 Å². The number of rotatable bonds is 5. The van der Waals surface area contributed by atoms with E-state index >= 15 is 0 Å². The molecule has 0 saturated carbocycles. The zero-order valence-corrected chi connectivity index (χ0v) is 17.5.